The second kappa shape index (κ2) is 49.1. The number of oxazole rings is 3. The number of phenolic OH excluding ortho intramolecular Hbond substituents is 1. The topological polar surface area (TPSA) is 314 Å². The van der Waals surface area contributed by atoms with Crippen molar-refractivity contribution in [3.05, 3.63) is 232 Å². The van der Waals surface area contributed by atoms with Gasteiger partial charge in [-0.15, -0.1) is 0 Å². The maximum absolute atomic E-state index is 12.7. The number of para-hydroxylation sites is 6. The number of aromatic hydroxyl groups is 1. The molecule has 0 fully saturated rings. The van der Waals surface area contributed by atoms with Gasteiger partial charge in [-0.05, 0) is 147 Å². The molecule has 0 aliphatic heterocycles. The number of aliphatic carboxylic acids is 1. The number of halogens is 4. The number of alkyl halides is 1. The molecule has 0 spiro atoms. The molecule has 29 heteroatoms. The summed E-state index contributed by atoms with van der Waals surface area (Å²) >= 11 is 20.9. The summed E-state index contributed by atoms with van der Waals surface area (Å²) in [4.78, 5) is 60.1. The molecule has 12 rings (SSSR count). The quantitative estimate of drug-likeness (QED) is 0.0190. The van der Waals surface area contributed by atoms with E-state index in [-0.39, 0.29) is 183 Å². The van der Waals surface area contributed by atoms with Crippen LogP contribution in [0.3, 0.4) is 0 Å². The molecule has 3 N–H and O–H groups in total. The van der Waals surface area contributed by atoms with Crippen LogP contribution in [0.2, 0.25) is 15.1 Å². The number of carbonyl (C=O) groups excluding carboxylic acids is 3. The minimum absolute atomic E-state index is 0. The van der Waals surface area contributed by atoms with Gasteiger partial charge in [-0.3, -0.25) is 9.59 Å². The zero-order chi connectivity index (χ0) is 68.7. The third kappa shape index (κ3) is 27.2. The second-order valence-electron chi connectivity index (χ2n) is 19.6. The number of carboxylic acid groups (broad SMARTS) is 1. The first-order valence-corrected chi connectivity index (χ1v) is 30.9. The molecule has 12 aromatic rings. The van der Waals surface area contributed by atoms with Crippen LogP contribution in [-0.4, -0.2) is 89.6 Å². The minimum Gasteiger partial charge on any atom is -1.00 e. The van der Waals surface area contributed by atoms with Crippen LogP contribution in [0, 0.1) is 0 Å². The van der Waals surface area contributed by atoms with Gasteiger partial charge in [0.05, 0.1) is 51.2 Å². The van der Waals surface area contributed by atoms with Crippen LogP contribution in [0.1, 0.15) is 78.7 Å². The summed E-state index contributed by atoms with van der Waals surface area (Å²) < 4.78 is 55.3. The molecule has 0 saturated heterocycles. The number of hydrogen-bond acceptors (Lipinski definition) is 21. The van der Waals surface area contributed by atoms with Gasteiger partial charge in [0, 0.05) is 26.2 Å². The Hall–Kier alpha value is -6.79. The van der Waals surface area contributed by atoms with Gasteiger partial charge in [0.25, 0.3) is 6.47 Å². The number of phenols is 1. The third-order valence-corrected chi connectivity index (χ3v) is 15.1. The van der Waals surface area contributed by atoms with Crippen molar-refractivity contribution < 1.29 is 214 Å². The Kier molecular flexibility index (Phi) is 45.9. The Morgan fingerprint density at radius 1 is 0.510 bits per heavy atom. The number of carbonyl (C=O) groups is 4. The van der Waals surface area contributed by atoms with Crippen molar-refractivity contribution in [3.63, 3.8) is 0 Å². The molecule has 0 bridgehead atoms. The van der Waals surface area contributed by atoms with E-state index >= 15 is 0 Å². The van der Waals surface area contributed by atoms with E-state index in [2.05, 4.69) is 35.8 Å². The first-order valence-electron chi connectivity index (χ1n) is 28.8. The molecular weight excluding hydrogens is 1520 g/mol. The van der Waals surface area contributed by atoms with Gasteiger partial charge >= 0.3 is 140 Å². The maximum Gasteiger partial charge on any atom is 1.00 e. The standard InChI is InChI=1S/C24H20ClNO5.C22H16ClNO5.C14H11NO3.C10H10BrClO2.CH2O3.4CH4.2K.Li.H2O.H/c1-3-29-24(27)22(15-8-10-16(25)11-9-15)30-20-13-12-17(28-2)14-18(20)23-26-19-6-4-5-7-21(19)31-23;1-27-15-10-11-18(28-20(22(25)26)13-6-8-14(23)9-7-13)16(12-15)21-24-17-4-2-3-5-19(17)29-21;1-17-9-6-7-12(16)10(8-9)14-15-11-4-2-3-5-13(11)18-14;1-2-14-10(13)9(11)7-3-5-8(12)6-4-7;2-1-4-3;;;;;;;;;/h4-14,22H,3H2,1-2H3;2-12,20H,1H3,(H,25,26);2-8,16H,1H3;3-6,9H,2H2,1H3;1,3H;4*1H4;;;;1H2;/q;;;;;;;;;3*+1;;-1/p-2. The zero-order valence-corrected chi connectivity index (χ0v) is 65.1. The van der Waals surface area contributed by atoms with E-state index in [1.54, 1.807) is 169 Å². The molecule has 0 aliphatic rings. The van der Waals surface area contributed by atoms with E-state index in [0.717, 1.165) is 11.1 Å². The van der Waals surface area contributed by atoms with Gasteiger partial charge in [0.15, 0.2) is 16.7 Å². The molecule has 0 radical (unpaired) electrons. The number of hydrogen-bond donors (Lipinski definition) is 2. The van der Waals surface area contributed by atoms with Crippen molar-refractivity contribution in [1.29, 1.82) is 0 Å². The first kappa shape index (κ1) is 97.2. The van der Waals surface area contributed by atoms with Crippen LogP contribution in [0.5, 0.6) is 34.5 Å². The Morgan fingerprint density at radius 3 is 1.17 bits per heavy atom. The molecule has 22 nitrogen and oxygen atoms in total. The number of benzene rings is 9. The fraction of sp³-hybridized carbons (Fsp3) is 0.187. The molecule has 3 atom stereocenters. The van der Waals surface area contributed by atoms with Crippen molar-refractivity contribution in [1.82, 2.24) is 15.0 Å². The largest absolute Gasteiger partial charge is 1.00 e. The van der Waals surface area contributed by atoms with Crippen LogP contribution in [0.4, 0.5) is 0 Å². The molecule has 0 amide bonds. The first-order chi connectivity index (χ1) is 46.5. The summed E-state index contributed by atoms with van der Waals surface area (Å²) in [5, 5.41) is 29.7. The minimum atomic E-state index is -1.23. The Bertz CT molecular complexity index is 4480. The molecule has 9 aromatic carbocycles. The number of fused-ring (bicyclic) bond motifs is 3. The van der Waals surface area contributed by atoms with Gasteiger partial charge in [-0.25, -0.2) is 24.5 Å². The number of esters is 2. The Balaban J connectivity index is 0. The maximum atomic E-state index is 12.7. The molecule has 0 aliphatic carbocycles. The van der Waals surface area contributed by atoms with Gasteiger partial charge in [0.1, 0.15) is 55.9 Å². The summed E-state index contributed by atoms with van der Waals surface area (Å²) in [6.45, 7) is 3.95. The summed E-state index contributed by atoms with van der Waals surface area (Å²) in [6.07, 6.45) is -2.22. The summed E-state index contributed by atoms with van der Waals surface area (Å²) in [5.41, 5.74) is 7.58. The van der Waals surface area contributed by atoms with Gasteiger partial charge in [0.2, 0.25) is 29.9 Å². The number of methoxy groups -OCH3 is 3. The van der Waals surface area contributed by atoms with Gasteiger partial charge in [-0.2, -0.15) is 0 Å². The van der Waals surface area contributed by atoms with E-state index in [9.17, 15) is 24.6 Å². The number of carboxylic acids is 1. The molecule has 3 heterocycles. The molecule has 3 aromatic heterocycles. The predicted octanol–water partition coefficient (Wildman–Crippen LogP) is 9.68. The van der Waals surface area contributed by atoms with Crippen molar-refractivity contribution in [2.24, 2.45) is 0 Å². The third-order valence-electron chi connectivity index (χ3n) is 13.4. The smallest absolute Gasteiger partial charge is 1.00 e. The van der Waals surface area contributed by atoms with E-state index < -0.39 is 29.0 Å². The van der Waals surface area contributed by atoms with E-state index in [4.69, 9.17) is 91.3 Å². The fourth-order valence-electron chi connectivity index (χ4n) is 8.83. The summed E-state index contributed by atoms with van der Waals surface area (Å²) in [6, 6.07) is 57.8. The predicted molar refractivity (Wildman–Crippen MR) is 390 cm³/mol. The molecular formula is C75H76BrCl3K2LiN3O19. The van der Waals surface area contributed by atoms with Crippen molar-refractivity contribution in [2.75, 3.05) is 34.5 Å². The van der Waals surface area contributed by atoms with Crippen LogP contribution < -0.4 is 151 Å². The van der Waals surface area contributed by atoms with Crippen molar-refractivity contribution >= 4 is 108 Å². The molecule has 3 unspecified atom stereocenters. The Labute approximate surface area is 724 Å². The van der Waals surface area contributed by atoms with E-state index in [0.29, 0.717) is 124 Å². The average Bonchev–Trinajstić information content (AvgIpc) is 1.72. The molecule has 104 heavy (non-hydrogen) atoms. The SMILES string of the molecule is C.C.C.C.CCOC(=O)C(Br)c1ccc(Cl)cc1.CCOC(=O)C(Oc1ccc(OC)cc1-c1nc2ccccc2o1)c1ccc(Cl)cc1.COc1ccc(O)c(-c2nc3ccccc3o2)c1.COc1ccc(OC(C(=O)O)c2ccc(Cl)cc2)c(-c2nc3ccccc3o2)c1.O=CO[O-].[H-].[K+].[K+].[Li+].[OH-]. The number of ether oxygens (including phenoxy) is 7. The average molecular weight is 1590 g/mol. The number of nitrogens with zero attached hydrogens (tertiary/aromatic N) is 3. The number of rotatable bonds is 19. The second-order valence-corrected chi connectivity index (χ2v) is 21.8. The monoisotopic (exact) mass is 1590 g/mol. The number of aromatic nitrogens is 3. The van der Waals surface area contributed by atoms with Crippen molar-refractivity contribution in [3.8, 4) is 68.9 Å². The van der Waals surface area contributed by atoms with Gasteiger partial charge in [-0.1, -0.05) is 153 Å². The normalized spacial score (nSPS) is 10.6. The van der Waals surface area contributed by atoms with Crippen LogP contribution in [0.25, 0.3) is 67.7 Å². The van der Waals surface area contributed by atoms with Crippen LogP contribution in [-0.2, 0) is 33.5 Å². The van der Waals surface area contributed by atoms with E-state index in [1.807, 2.05) is 66.7 Å². The van der Waals surface area contributed by atoms with Crippen LogP contribution >= 0.6 is 50.7 Å². The van der Waals surface area contributed by atoms with Crippen LogP contribution in [0.15, 0.2) is 213 Å². The fourth-order valence-corrected chi connectivity index (χ4v) is 9.65. The zero-order valence-electron chi connectivity index (χ0n) is 56.0. The summed E-state index contributed by atoms with van der Waals surface area (Å²) in [7, 11) is 4.68. The van der Waals surface area contributed by atoms with Crippen molar-refractivity contribution in [2.45, 2.75) is 60.6 Å². The van der Waals surface area contributed by atoms with Gasteiger partial charge < -0.3 is 73.7 Å². The summed E-state index contributed by atoms with van der Waals surface area (Å²) in [5.74, 6) is 1.75. The molecule has 0 saturated carbocycles. The van der Waals surface area contributed by atoms with E-state index in [1.165, 1.54) is 0 Å². The Morgan fingerprint density at radius 2 is 0.827 bits per heavy atom. The molecule has 536 valence electrons.